The van der Waals surface area contributed by atoms with Gasteiger partial charge in [0, 0.05) is 12.1 Å². The highest BCUT2D eigenvalue weighted by molar-refractivity contribution is 6.46. The molecule has 0 radical (unpaired) electrons. The largest absolute Gasteiger partial charge is 0.507 e. The Hall–Kier alpha value is -3.97. The van der Waals surface area contributed by atoms with Crippen LogP contribution in [0.2, 0.25) is 5.02 Å². The molecule has 7 nitrogen and oxygen atoms in total. The molecule has 2 aliphatic heterocycles. The Morgan fingerprint density at radius 1 is 1.03 bits per heavy atom. The van der Waals surface area contributed by atoms with Crippen molar-refractivity contribution in [1.82, 2.24) is 4.90 Å². The first-order chi connectivity index (χ1) is 18.1. The average Bonchev–Trinajstić information content (AvgIpc) is 3.46. The molecule has 1 amide bonds. The lowest BCUT2D eigenvalue weighted by Gasteiger charge is -2.26. The summed E-state index contributed by atoms with van der Waals surface area (Å²) in [6, 6.07) is 17.1. The van der Waals surface area contributed by atoms with Gasteiger partial charge in [-0.05, 0) is 52.4 Å². The number of hydrogen-bond donors (Lipinski definition) is 1. The summed E-state index contributed by atoms with van der Waals surface area (Å²) in [6.07, 6.45) is 0. The van der Waals surface area contributed by atoms with E-state index in [1.54, 1.807) is 24.3 Å². The summed E-state index contributed by atoms with van der Waals surface area (Å²) in [5, 5.41) is 11.6. The topological polar surface area (TPSA) is 85.3 Å². The predicted molar refractivity (Wildman–Crippen MR) is 144 cm³/mol. The molecule has 0 saturated carbocycles. The SMILES string of the molecule is COc1ccc(/C(O)=C2\C(=O)C(=O)N(Cc3ccc4c(c3)OCO4)C2c2ccc(C(C)(C)C)cc2)cc1Cl. The maximum atomic E-state index is 13.4. The van der Waals surface area contributed by atoms with Crippen LogP contribution in [0.1, 0.15) is 49.1 Å². The van der Waals surface area contributed by atoms with Crippen LogP contribution in [0.5, 0.6) is 17.2 Å². The van der Waals surface area contributed by atoms with Crippen LogP contribution in [0.4, 0.5) is 0 Å². The first-order valence-electron chi connectivity index (χ1n) is 12.2. The van der Waals surface area contributed by atoms with Crippen molar-refractivity contribution in [3.05, 3.63) is 93.5 Å². The molecule has 1 N–H and O–H groups in total. The number of amides is 1. The van der Waals surface area contributed by atoms with Crippen molar-refractivity contribution in [2.75, 3.05) is 13.9 Å². The van der Waals surface area contributed by atoms with Crippen molar-refractivity contribution in [3.8, 4) is 17.2 Å². The summed E-state index contributed by atoms with van der Waals surface area (Å²) in [5.41, 5.74) is 2.82. The Balaban J connectivity index is 1.62. The first kappa shape index (κ1) is 25.7. The van der Waals surface area contributed by atoms with Gasteiger partial charge in [-0.25, -0.2) is 0 Å². The minimum Gasteiger partial charge on any atom is -0.507 e. The molecule has 3 aromatic carbocycles. The van der Waals surface area contributed by atoms with Gasteiger partial charge >= 0.3 is 0 Å². The zero-order valence-corrected chi connectivity index (χ0v) is 22.3. The van der Waals surface area contributed by atoms with Crippen molar-refractivity contribution in [2.24, 2.45) is 0 Å². The van der Waals surface area contributed by atoms with Gasteiger partial charge in [0.25, 0.3) is 11.7 Å². The zero-order chi connectivity index (χ0) is 27.2. The molecule has 0 spiro atoms. The summed E-state index contributed by atoms with van der Waals surface area (Å²) >= 11 is 6.30. The molecule has 1 saturated heterocycles. The van der Waals surface area contributed by atoms with Crippen LogP contribution < -0.4 is 14.2 Å². The number of carbonyl (C=O) groups excluding carboxylic acids is 2. The van der Waals surface area contributed by atoms with E-state index in [0.717, 1.165) is 11.1 Å². The maximum Gasteiger partial charge on any atom is 0.295 e. The van der Waals surface area contributed by atoms with E-state index in [-0.39, 0.29) is 35.1 Å². The van der Waals surface area contributed by atoms with Gasteiger partial charge in [-0.3, -0.25) is 9.59 Å². The fourth-order valence-electron chi connectivity index (χ4n) is 4.76. The molecular weight excluding hydrogens is 506 g/mol. The summed E-state index contributed by atoms with van der Waals surface area (Å²) in [6.45, 7) is 6.60. The van der Waals surface area contributed by atoms with Gasteiger partial charge in [-0.2, -0.15) is 0 Å². The lowest BCUT2D eigenvalue weighted by molar-refractivity contribution is -0.140. The number of halogens is 1. The number of nitrogens with zero attached hydrogens (tertiary/aromatic N) is 1. The number of carbonyl (C=O) groups is 2. The Labute approximate surface area is 226 Å². The van der Waals surface area contributed by atoms with E-state index in [4.69, 9.17) is 25.8 Å². The molecule has 196 valence electrons. The van der Waals surface area contributed by atoms with Crippen molar-refractivity contribution in [2.45, 2.75) is 38.8 Å². The maximum absolute atomic E-state index is 13.4. The summed E-state index contributed by atoms with van der Waals surface area (Å²) < 4.78 is 16.1. The van der Waals surface area contributed by atoms with Crippen LogP contribution in [0, 0.1) is 0 Å². The molecule has 1 fully saturated rings. The van der Waals surface area contributed by atoms with Gasteiger partial charge in [-0.15, -0.1) is 0 Å². The number of rotatable bonds is 5. The second kappa shape index (κ2) is 9.72. The van der Waals surface area contributed by atoms with E-state index in [9.17, 15) is 14.7 Å². The number of fused-ring (bicyclic) bond motifs is 1. The standard InChI is InChI=1S/C30H28ClNO6/c1-30(2,3)20-9-6-18(7-10-20)26-25(27(33)19-8-12-22(36-4)21(31)14-19)28(34)29(35)32(26)15-17-5-11-23-24(13-17)38-16-37-23/h5-14,26,33H,15-16H2,1-4H3/b27-25+. The number of ether oxygens (including phenoxy) is 3. The van der Waals surface area contributed by atoms with Gasteiger partial charge in [0.2, 0.25) is 6.79 Å². The van der Waals surface area contributed by atoms with Crippen LogP contribution in [-0.4, -0.2) is 35.6 Å². The molecule has 1 atom stereocenters. The van der Waals surface area contributed by atoms with Gasteiger partial charge in [0.1, 0.15) is 11.5 Å². The summed E-state index contributed by atoms with van der Waals surface area (Å²) in [4.78, 5) is 28.3. The average molecular weight is 534 g/mol. The first-order valence-corrected chi connectivity index (χ1v) is 12.6. The monoisotopic (exact) mass is 533 g/mol. The number of aliphatic hydroxyl groups is 1. The van der Waals surface area contributed by atoms with Gasteiger partial charge in [0.15, 0.2) is 11.5 Å². The summed E-state index contributed by atoms with van der Waals surface area (Å²) in [7, 11) is 1.49. The highest BCUT2D eigenvalue weighted by Gasteiger charge is 2.46. The normalized spacial score (nSPS) is 18.2. The molecule has 2 heterocycles. The second-order valence-electron chi connectivity index (χ2n) is 10.3. The summed E-state index contributed by atoms with van der Waals surface area (Å²) in [5.74, 6) is -0.125. The van der Waals surface area contributed by atoms with Gasteiger partial charge in [0.05, 0.1) is 23.7 Å². The highest BCUT2D eigenvalue weighted by atomic mass is 35.5. The quantitative estimate of drug-likeness (QED) is 0.246. The van der Waals surface area contributed by atoms with Crippen molar-refractivity contribution < 1.29 is 28.9 Å². The Morgan fingerprint density at radius 3 is 2.39 bits per heavy atom. The van der Waals surface area contributed by atoms with E-state index in [1.165, 1.54) is 18.1 Å². The van der Waals surface area contributed by atoms with Crippen molar-refractivity contribution >= 4 is 29.1 Å². The number of ketones is 1. The van der Waals surface area contributed by atoms with Crippen LogP contribution in [0.15, 0.2) is 66.2 Å². The molecule has 2 aliphatic rings. The van der Waals surface area contributed by atoms with Crippen LogP contribution >= 0.6 is 11.6 Å². The molecule has 8 heteroatoms. The minimum atomic E-state index is -0.810. The van der Waals surface area contributed by atoms with E-state index in [2.05, 4.69) is 20.8 Å². The number of likely N-dealkylation sites (tertiary alicyclic amines) is 1. The smallest absolute Gasteiger partial charge is 0.295 e. The number of aliphatic hydroxyl groups excluding tert-OH is 1. The molecule has 38 heavy (non-hydrogen) atoms. The van der Waals surface area contributed by atoms with Gasteiger partial charge < -0.3 is 24.2 Å². The Morgan fingerprint density at radius 2 is 1.74 bits per heavy atom. The molecule has 3 aromatic rings. The van der Waals surface area contributed by atoms with Gasteiger partial charge in [-0.1, -0.05) is 62.7 Å². The minimum absolute atomic E-state index is 0.000450. The number of Topliss-reactive ketones (excluding diaryl/α,β-unsaturated/α-hetero) is 1. The Bertz CT molecular complexity index is 1450. The Kier molecular flexibility index (Phi) is 6.57. The van der Waals surface area contributed by atoms with Crippen molar-refractivity contribution in [1.29, 1.82) is 0 Å². The predicted octanol–water partition coefficient (Wildman–Crippen LogP) is 6.00. The van der Waals surface area contributed by atoms with E-state index in [0.29, 0.717) is 28.4 Å². The second-order valence-corrected chi connectivity index (χ2v) is 10.7. The number of hydrogen-bond acceptors (Lipinski definition) is 6. The van der Waals surface area contributed by atoms with E-state index in [1.807, 2.05) is 30.3 Å². The fraction of sp³-hybridized carbons (Fsp3) is 0.267. The molecule has 0 bridgehead atoms. The van der Waals surface area contributed by atoms with E-state index < -0.39 is 17.7 Å². The lowest BCUT2D eigenvalue weighted by atomic mass is 9.85. The van der Waals surface area contributed by atoms with Crippen LogP contribution in [0.25, 0.3) is 5.76 Å². The number of benzene rings is 3. The molecule has 0 aliphatic carbocycles. The molecule has 5 rings (SSSR count). The van der Waals surface area contributed by atoms with Crippen LogP contribution in [0.3, 0.4) is 0 Å². The third-order valence-electron chi connectivity index (χ3n) is 6.85. The van der Waals surface area contributed by atoms with Crippen LogP contribution in [-0.2, 0) is 21.5 Å². The zero-order valence-electron chi connectivity index (χ0n) is 21.6. The fourth-order valence-corrected chi connectivity index (χ4v) is 5.02. The third kappa shape index (κ3) is 4.58. The third-order valence-corrected chi connectivity index (χ3v) is 7.14. The molecule has 1 unspecified atom stereocenters. The number of methoxy groups -OCH3 is 1. The lowest BCUT2D eigenvalue weighted by Crippen LogP contribution is -2.29. The highest BCUT2D eigenvalue weighted by Crippen LogP contribution is 2.42. The molecule has 0 aromatic heterocycles. The van der Waals surface area contributed by atoms with E-state index >= 15 is 0 Å². The van der Waals surface area contributed by atoms with Crippen molar-refractivity contribution in [3.63, 3.8) is 0 Å². The molecular formula is C30H28ClNO6.